The molecule has 0 heterocycles. The van der Waals surface area contributed by atoms with Crippen molar-refractivity contribution < 1.29 is 23.1 Å². The topological polar surface area (TPSA) is 105 Å². The molecular weight excluding hydrogens is 344 g/mol. The molecule has 7 nitrogen and oxygen atoms in total. The van der Waals surface area contributed by atoms with Crippen LogP contribution in [-0.2, 0) is 14.8 Å². The molecular formula is C14H21ClN2O5S. The molecule has 1 rings (SSSR count). The smallest absolute Gasteiger partial charge is 0.241 e. The van der Waals surface area contributed by atoms with E-state index in [0.717, 1.165) is 0 Å². The fourth-order valence-corrected chi connectivity index (χ4v) is 3.25. The van der Waals surface area contributed by atoms with E-state index in [-0.39, 0.29) is 23.1 Å². The van der Waals surface area contributed by atoms with E-state index in [4.69, 9.17) is 21.4 Å². The zero-order chi connectivity index (χ0) is 17.5. The van der Waals surface area contributed by atoms with Crippen molar-refractivity contribution in [1.29, 1.82) is 0 Å². The molecule has 3 N–H and O–H groups in total. The van der Waals surface area contributed by atoms with Crippen LogP contribution in [0.15, 0.2) is 23.1 Å². The first-order valence-corrected chi connectivity index (χ1v) is 9.01. The van der Waals surface area contributed by atoms with Gasteiger partial charge in [0.05, 0.1) is 22.6 Å². The summed E-state index contributed by atoms with van der Waals surface area (Å²) >= 11 is 5.98. The minimum absolute atomic E-state index is 0.0505. The van der Waals surface area contributed by atoms with Gasteiger partial charge < -0.3 is 15.2 Å². The first-order chi connectivity index (χ1) is 10.8. The average Bonchev–Trinajstić information content (AvgIpc) is 2.49. The summed E-state index contributed by atoms with van der Waals surface area (Å²) < 4.78 is 32.1. The lowest BCUT2D eigenvalue weighted by Gasteiger charge is -2.15. The zero-order valence-corrected chi connectivity index (χ0v) is 14.6. The molecule has 1 amide bonds. The number of rotatable bonds is 9. The number of carbonyl (C=O) groups is 1. The van der Waals surface area contributed by atoms with Gasteiger partial charge in [-0.1, -0.05) is 11.6 Å². The molecule has 1 atom stereocenters. The number of benzene rings is 1. The van der Waals surface area contributed by atoms with Gasteiger partial charge in [-0.3, -0.25) is 4.79 Å². The molecule has 0 radical (unpaired) electrons. The van der Waals surface area contributed by atoms with Crippen LogP contribution in [0, 0.1) is 0 Å². The molecule has 0 unspecified atom stereocenters. The quantitative estimate of drug-likeness (QED) is 0.565. The maximum Gasteiger partial charge on any atom is 0.241 e. The van der Waals surface area contributed by atoms with Crippen LogP contribution in [0.1, 0.15) is 20.3 Å². The van der Waals surface area contributed by atoms with Gasteiger partial charge in [0.25, 0.3) is 0 Å². The van der Waals surface area contributed by atoms with Crippen LogP contribution in [0.4, 0.5) is 0 Å². The normalized spacial score (nSPS) is 12.7. The van der Waals surface area contributed by atoms with E-state index < -0.39 is 22.0 Å². The van der Waals surface area contributed by atoms with Crippen LogP contribution in [0.5, 0.6) is 5.75 Å². The van der Waals surface area contributed by atoms with Crippen molar-refractivity contribution >= 4 is 27.5 Å². The number of hydrogen-bond donors (Lipinski definition) is 3. The number of halogens is 1. The standard InChI is InChI=1S/C14H21ClN2O5S/c1-3-22-13-6-5-11(9-12(13)15)23(20,21)17-10(2)14(19)16-7-4-8-18/h5-6,9-10,17-18H,3-4,7-8H2,1-2H3,(H,16,19)/t10-/m1/s1. The van der Waals surface area contributed by atoms with Gasteiger partial charge in [-0.15, -0.1) is 0 Å². The zero-order valence-electron chi connectivity index (χ0n) is 13.0. The Hall–Kier alpha value is -1.35. The summed E-state index contributed by atoms with van der Waals surface area (Å²) in [6.45, 7) is 3.86. The number of amides is 1. The molecule has 0 aromatic heterocycles. The van der Waals surface area contributed by atoms with E-state index in [1.807, 2.05) is 0 Å². The van der Waals surface area contributed by atoms with Crippen molar-refractivity contribution in [2.24, 2.45) is 0 Å². The third kappa shape index (κ3) is 5.98. The predicted molar refractivity (Wildman–Crippen MR) is 87.1 cm³/mol. The molecule has 1 aromatic carbocycles. The van der Waals surface area contributed by atoms with Gasteiger partial charge >= 0.3 is 0 Å². The molecule has 1 aromatic rings. The highest BCUT2D eigenvalue weighted by Crippen LogP contribution is 2.27. The molecule has 0 aliphatic heterocycles. The van der Waals surface area contributed by atoms with E-state index in [2.05, 4.69) is 10.0 Å². The number of aliphatic hydroxyl groups excluding tert-OH is 1. The Morgan fingerprint density at radius 3 is 2.70 bits per heavy atom. The Balaban J connectivity index is 2.78. The van der Waals surface area contributed by atoms with Gasteiger partial charge in [0, 0.05) is 13.2 Å². The fraction of sp³-hybridized carbons (Fsp3) is 0.500. The summed E-state index contributed by atoms with van der Waals surface area (Å²) in [7, 11) is -3.89. The Morgan fingerprint density at radius 1 is 1.43 bits per heavy atom. The largest absolute Gasteiger partial charge is 0.492 e. The summed E-state index contributed by atoms with van der Waals surface area (Å²) in [6.07, 6.45) is 0.402. The molecule has 0 fully saturated rings. The molecule has 0 aliphatic rings. The molecule has 0 aliphatic carbocycles. The van der Waals surface area contributed by atoms with Crippen molar-refractivity contribution in [3.05, 3.63) is 23.2 Å². The van der Waals surface area contributed by atoms with Crippen molar-refractivity contribution in [3.8, 4) is 5.75 Å². The van der Waals surface area contributed by atoms with Crippen molar-refractivity contribution in [3.63, 3.8) is 0 Å². The maximum absolute atomic E-state index is 12.3. The minimum Gasteiger partial charge on any atom is -0.492 e. The van der Waals surface area contributed by atoms with Crippen LogP contribution in [0.3, 0.4) is 0 Å². The number of nitrogens with one attached hydrogen (secondary N) is 2. The van der Waals surface area contributed by atoms with Gasteiger partial charge in [0.15, 0.2) is 0 Å². The monoisotopic (exact) mass is 364 g/mol. The highest BCUT2D eigenvalue weighted by atomic mass is 35.5. The van der Waals surface area contributed by atoms with E-state index in [1.165, 1.54) is 25.1 Å². The summed E-state index contributed by atoms with van der Waals surface area (Å²) in [6, 6.07) is 3.14. The van der Waals surface area contributed by atoms with Crippen LogP contribution in [0.25, 0.3) is 0 Å². The summed E-state index contributed by atoms with van der Waals surface area (Å²) in [4.78, 5) is 11.7. The van der Waals surface area contributed by atoms with Crippen molar-refractivity contribution in [2.45, 2.75) is 31.2 Å². The number of sulfonamides is 1. The Bertz CT molecular complexity index is 636. The van der Waals surface area contributed by atoms with E-state index >= 15 is 0 Å². The highest BCUT2D eigenvalue weighted by molar-refractivity contribution is 7.89. The fourth-order valence-electron chi connectivity index (χ4n) is 1.72. The molecule has 130 valence electrons. The van der Waals surface area contributed by atoms with Gasteiger partial charge in [-0.05, 0) is 38.5 Å². The second-order valence-corrected chi connectivity index (χ2v) is 6.86. The SMILES string of the molecule is CCOc1ccc(S(=O)(=O)N[C@H](C)C(=O)NCCCO)cc1Cl. The third-order valence-corrected chi connectivity index (χ3v) is 4.71. The van der Waals surface area contributed by atoms with Crippen molar-refractivity contribution in [2.75, 3.05) is 19.8 Å². The van der Waals surface area contributed by atoms with Gasteiger partial charge in [-0.2, -0.15) is 4.72 Å². The Kier molecular flexibility index (Phi) is 7.77. The first-order valence-electron chi connectivity index (χ1n) is 7.15. The van der Waals surface area contributed by atoms with E-state index in [1.54, 1.807) is 6.92 Å². The molecule has 23 heavy (non-hydrogen) atoms. The van der Waals surface area contributed by atoms with Gasteiger partial charge in [-0.25, -0.2) is 8.42 Å². The van der Waals surface area contributed by atoms with Crippen LogP contribution in [-0.4, -0.2) is 45.2 Å². The molecule has 0 saturated heterocycles. The van der Waals surface area contributed by atoms with E-state index in [9.17, 15) is 13.2 Å². The molecule has 0 spiro atoms. The summed E-state index contributed by atoms with van der Waals surface area (Å²) in [5, 5.41) is 11.4. The lowest BCUT2D eigenvalue weighted by molar-refractivity contribution is -0.122. The lowest BCUT2D eigenvalue weighted by atomic mass is 10.3. The van der Waals surface area contributed by atoms with E-state index in [0.29, 0.717) is 18.8 Å². The third-order valence-electron chi connectivity index (χ3n) is 2.87. The van der Waals surface area contributed by atoms with Crippen LogP contribution >= 0.6 is 11.6 Å². The number of aliphatic hydroxyl groups is 1. The second kappa shape index (κ2) is 9.07. The van der Waals surface area contributed by atoms with Gasteiger partial charge in [0.1, 0.15) is 5.75 Å². The van der Waals surface area contributed by atoms with Crippen LogP contribution in [0.2, 0.25) is 5.02 Å². The van der Waals surface area contributed by atoms with Crippen LogP contribution < -0.4 is 14.8 Å². The Labute approximate surface area is 141 Å². The first kappa shape index (κ1) is 19.7. The Morgan fingerprint density at radius 2 is 2.13 bits per heavy atom. The molecule has 9 heteroatoms. The van der Waals surface area contributed by atoms with Gasteiger partial charge in [0.2, 0.25) is 15.9 Å². The average molecular weight is 365 g/mol. The highest BCUT2D eigenvalue weighted by Gasteiger charge is 2.22. The molecule has 0 bridgehead atoms. The predicted octanol–water partition coefficient (Wildman–Crippen LogP) is 0.904. The number of ether oxygens (including phenoxy) is 1. The maximum atomic E-state index is 12.3. The number of carbonyl (C=O) groups excluding carboxylic acids is 1. The second-order valence-electron chi connectivity index (χ2n) is 4.74. The molecule has 0 saturated carbocycles. The summed E-state index contributed by atoms with van der Waals surface area (Å²) in [5.41, 5.74) is 0. The number of hydrogen-bond acceptors (Lipinski definition) is 5. The minimum atomic E-state index is -3.89. The summed E-state index contributed by atoms with van der Waals surface area (Å²) in [5.74, 6) is -0.0815. The lowest BCUT2D eigenvalue weighted by Crippen LogP contribution is -2.45. The van der Waals surface area contributed by atoms with Crippen molar-refractivity contribution in [1.82, 2.24) is 10.0 Å².